The Labute approximate surface area is 154 Å². The average Bonchev–Trinajstić information content (AvgIpc) is 2.98. The number of likely N-dealkylation sites (tertiary alicyclic amines) is 1. The van der Waals surface area contributed by atoms with Crippen LogP contribution >= 0.6 is 0 Å². The molecule has 140 valence electrons. The standard InChI is InChI=1S/C19H27N5O2/c1-13-7-18(8-14(2)20-13)26-12-16-5-4-6-24(10-16)11-17-9-19(23-22-17)21-15(3)25/h7-9,16H,4-6,10-12H2,1-3H3,(H2,21,22,23,25). The quantitative estimate of drug-likeness (QED) is 0.830. The molecule has 2 aromatic rings. The Morgan fingerprint density at radius 1 is 1.35 bits per heavy atom. The van der Waals surface area contributed by atoms with Crippen molar-refractivity contribution in [2.75, 3.05) is 25.0 Å². The molecule has 1 atom stereocenters. The third-order valence-corrected chi connectivity index (χ3v) is 4.47. The second-order valence-electron chi connectivity index (χ2n) is 7.09. The van der Waals surface area contributed by atoms with Gasteiger partial charge in [0.05, 0.1) is 12.3 Å². The van der Waals surface area contributed by atoms with E-state index in [-0.39, 0.29) is 5.91 Å². The van der Waals surface area contributed by atoms with Crippen LogP contribution in [-0.4, -0.2) is 45.7 Å². The Kier molecular flexibility index (Phi) is 5.88. The maximum Gasteiger partial charge on any atom is 0.222 e. The lowest BCUT2D eigenvalue weighted by atomic mass is 9.99. The Morgan fingerprint density at radius 2 is 2.12 bits per heavy atom. The van der Waals surface area contributed by atoms with Gasteiger partial charge in [0, 0.05) is 55.5 Å². The molecule has 0 bridgehead atoms. The lowest BCUT2D eigenvalue weighted by molar-refractivity contribution is -0.114. The van der Waals surface area contributed by atoms with Crippen molar-refractivity contribution in [3.63, 3.8) is 0 Å². The van der Waals surface area contributed by atoms with Crippen molar-refractivity contribution >= 4 is 11.7 Å². The molecule has 3 heterocycles. The molecule has 7 nitrogen and oxygen atoms in total. The van der Waals surface area contributed by atoms with Crippen LogP contribution in [0.3, 0.4) is 0 Å². The molecule has 7 heteroatoms. The van der Waals surface area contributed by atoms with Crippen molar-refractivity contribution in [3.05, 3.63) is 35.3 Å². The van der Waals surface area contributed by atoms with Crippen molar-refractivity contribution < 1.29 is 9.53 Å². The van der Waals surface area contributed by atoms with E-state index in [1.807, 2.05) is 32.0 Å². The normalized spacial score (nSPS) is 17.9. The zero-order valence-electron chi connectivity index (χ0n) is 15.7. The molecule has 2 aromatic heterocycles. The summed E-state index contributed by atoms with van der Waals surface area (Å²) in [6.45, 7) is 9.01. The summed E-state index contributed by atoms with van der Waals surface area (Å²) in [7, 11) is 0. The van der Waals surface area contributed by atoms with E-state index < -0.39 is 0 Å². The number of hydrogen-bond acceptors (Lipinski definition) is 5. The number of ether oxygens (including phenoxy) is 1. The van der Waals surface area contributed by atoms with Gasteiger partial charge in [0.2, 0.25) is 5.91 Å². The van der Waals surface area contributed by atoms with Crippen molar-refractivity contribution in [2.45, 2.75) is 40.2 Å². The summed E-state index contributed by atoms with van der Waals surface area (Å²) >= 11 is 0. The third-order valence-electron chi connectivity index (χ3n) is 4.47. The predicted molar refractivity (Wildman–Crippen MR) is 100 cm³/mol. The van der Waals surface area contributed by atoms with Gasteiger partial charge >= 0.3 is 0 Å². The van der Waals surface area contributed by atoms with Gasteiger partial charge in [0.1, 0.15) is 11.6 Å². The summed E-state index contributed by atoms with van der Waals surface area (Å²) in [6.07, 6.45) is 2.34. The van der Waals surface area contributed by atoms with E-state index in [0.29, 0.717) is 11.7 Å². The van der Waals surface area contributed by atoms with Gasteiger partial charge in [-0.15, -0.1) is 0 Å². The smallest absolute Gasteiger partial charge is 0.222 e. The molecule has 26 heavy (non-hydrogen) atoms. The van der Waals surface area contributed by atoms with Gasteiger partial charge in [-0.05, 0) is 33.2 Å². The second kappa shape index (κ2) is 8.31. The number of H-pyrrole nitrogens is 1. The topological polar surface area (TPSA) is 83.1 Å². The number of carbonyl (C=O) groups is 1. The first-order chi connectivity index (χ1) is 12.5. The van der Waals surface area contributed by atoms with E-state index in [0.717, 1.165) is 55.5 Å². The van der Waals surface area contributed by atoms with E-state index >= 15 is 0 Å². The first-order valence-corrected chi connectivity index (χ1v) is 9.10. The highest BCUT2D eigenvalue weighted by Gasteiger charge is 2.21. The minimum absolute atomic E-state index is 0.100. The number of aromatic nitrogens is 3. The largest absolute Gasteiger partial charge is 0.493 e. The molecule has 1 aliphatic heterocycles. The Bertz CT molecular complexity index is 738. The fourth-order valence-electron chi connectivity index (χ4n) is 3.45. The number of hydrogen-bond donors (Lipinski definition) is 2. The number of nitrogens with one attached hydrogen (secondary N) is 2. The lowest BCUT2D eigenvalue weighted by Crippen LogP contribution is -2.37. The summed E-state index contributed by atoms with van der Waals surface area (Å²) in [5.41, 5.74) is 2.91. The van der Waals surface area contributed by atoms with Gasteiger partial charge in [0.25, 0.3) is 0 Å². The van der Waals surface area contributed by atoms with Crippen LogP contribution < -0.4 is 10.1 Å². The van der Waals surface area contributed by atoms with Gasteiger partial charge in [-0.1, -0.05) is 0 Å². The maximum atomic E-state index is 11.1. The Hall–Kier alpha value is -2.41. The molecule has 3 rings (SSSR count). The maximum absolute atomic E-state index is 11.1. The molecular weight excluding hydrogens is 330 g/mol. The van der Waals surface area contributed by atoms with Crippen LogP contribution in [0.1, 0.15) is 36.8 Å². The van der Waals surface area contributed by atoms with Crippen LogP contribution in [-0.2, 0) is 11.3 Å². The van der Waals surface area contributed by atoms with Crippen LogP contribution in [0.25, 0.3) is 0 Å². The van der Waals surface area contributed by atoms with Crippen LogP contribution in [0.2, 0.25) is 0 Å². The number of nitrogens with zero attached hydrogens (tertiary/aromatic N) is 3. The molecule has 0 radical (unpaired) electrons. The fraction of sp³-hybridized carbons (Fsp3) is 0.526. The molecule has 1 unspecified atom stereocenters. The van der Waals surface area contributed by atoms with E-state index in [1.54, 1.807) is 0 Å². The Balaban J connectivity index is 1.50. The third kappa shape index (κ3) is 5.29. The number of carbonyl (C=O) groups excluding carboxylic acids is 1. The zero-order chi connectivity index (χ0) is 18.5. The zero-order valence-corrected chi connectivity index (χ0v) is 15.7. The van der Waals surface area contributed by atoms with E-state index in [9.17, 15) is 4.79 Å². The molecule has 1 aliphatic rings. The molecule has 0 saturated carbocycles. The summed E-state index contributed by atoms with van der Waals surface area (Å²) in [6, 6.07) is 5.87. The van der Waals surface area contributed by atoms with Gasteiger partial charge < -0.3 is 10.1 Å². The number of amides is 1. The Morgan fingerprint density at radius 3 is 2.85 bits per heavy atom. The van der Waals surface area contributed by atoms with Gasteiger partial charge in [0.15, 0.2) is 0 Å². The van der Waals surface area contributed by atoms with E-state index in [4.69, 9.17) is 4.74 Å². The lowest BCUT2D eigenvalue weighted by Gasteiger charge is -2.32. The van der Waals surface area contributed by atoms with Crippen LogP contribution in [0.4, 0.5) is 5.82 Å². The number of anilines is 1. The van der Waals surface area contributed by atoms with Gasteiger partial charge in [-0.2, -0.15) is 5.10 Å². The summed E-state index contributed by atoms with van der Waals surface area (Å²) in [4.78, 5) is 17.9. The van der Waals surface area contributed by atoms with Gasteiger partial charge in [-0.25, -0.2) is 0 Å². The van der Waals surface area contributed by atoms with Crippen molar-refractivity contribution in [2.24, 2.45) is 5.92 Å². The minimum atomic E-state index is -0.100. The number of rotatable bonds is 6. The number of aromatic amines is 1. The molecule has 2 N–H and O–H groups in total. The van der Waals surface area contributed by atoms with Crippen molar-refractivity contribution in [1.29, 1.82) is 0 Å². The van der Waals surface area contributed by atoms with Crippen molar-refractivity contribution in [1.82, 2.24) is 20.1 Å². The SMILES string of the molecule is CC(=O)Nc1cc(CN2CCCC(COc3cc(C)nc(C)c3)C2)n[nH]1. The average molecular weight is 357 g/mol. The molecule has 1 fully saturated rings. The highest BCUT2D eigenvalue weighted by atomic mass is 16.5. The summed E-state index contributed by atoms with van der Waals surface area (Å²) in [5.74, 6) is 1.95. The van der Waals surface area contributed by atoms with Crippen LogP contribution in [0, 0.1) is 19.8 Å². The highest BCUT2D eigenvalue weighted by Crippen LogP contribution is 2.21. The van der Waals surface area contributed by atoms with Gasteiger partial charge in [-0.3, -0.25) is 19.8 Å². The first kappa shape index (κ1) is 18.4. The summed E-state index contributed by atoms with van der Waals surface area (Å²) in [5, 5.41) is 9.86. The molecule has 0 aliphatic carbocycles. The van der Waals surface area contributed by atoms with Crippen LogP contribution in [0.15, 0.2) is 18.2 Å². The number of aryl methyl sites for hydroxylation is 2. The summed E-state index contributed by atoms with van der Waals surface area (Å²) < 4.78 is 6.02. The second-order valence-corrected chi connectivity index (χ2v) is 7.09. The van der Waals surface area contributed by atoms with Crippen LogP contribution in [0.5, 0.6) is 5.75 Å². The minimum Gasteiger partial charge on any atom is -0.493 e. The van der Waals surface area contributed by atoms with E-state index in [2.05, 4.69) is 25.4 Å². The fourth-order valence-corrected chi connectivity index (χ4v) is 3.45. The first-order valence-electron chi connectivity index (χ1n) is 9.10. The molecule has 0 aromatic carbocycles. The molecule has 0 spiro atoms. The number of piperidine rings is 1. The highest BCUT2D eigenvalue weighted by molar-refractivity contribution is 5.87. The predicted octanol–water partition coefficient (Wildman–Crippen LogP) is 2.67. The molecule has 1 amide bonds. The molecular formula is C19H27N5O2. The number of pyridine rings is 1. The monoisotopic (exact) mass is 357 g/mol. The van der Waals surface area contributed by atoms with Crippen molar-refractivity contribution in [3.8, 4) is 5.75 Å². The molecule has 1 saturated heterocycles. The van der Waals surface area contributed by atoms with E-state index in [1.165, 1.54) is 13.3 Å².